The van der Waals surface area contributed by atoms with Crippen LogP contribution in [0.1, 0.15) is 40.0 Å². The van der Waals surface area contributed by atoms with E-state index in [-0.39, 0.29) is 5.91 Å². The van der Waals surface area contributed by atoms with E-state index < -0.39 is 0 Å². The van der Waals surface area contributed by atoms with Crippen LogP contribution in [-0.4, -0.2) is 48.9 Å². The van der Waals surface area contributed by atoms with Crippen LogP contribution in [0, 0.1) is 5.41 Å². The summed E-state index contributed by atoms with van der Waals surface area (Å²) >= 11 is 0. The number of likely N-dealkylation sites (tertiary alicyclic amines) is 1. The molecule has 0 aromatic carbocycles. The second-order valence-corrected chi connectivity index (χ2v) is 6.76. The van der Waals surface area contributed by atoms with Crippen LogP contribution in [0.2, 0.25) is 0 Å². The highest BCUT2D eigenvalue weighted by molar-refractivity contribution is 5.88. The highest BCUT2D eigenvalue weighted by Crippen LogP contribution is 2.29. The van der Waals surface area contributed by atoms with Crippen molar-refractivity contribution in [1.82, 2.24) is 9.80 Å². The zero-order valence-electron chi connectivity index (χ0n) is 12.6. The molecule has 0 radical (unpaired) electrons. The molecule has 18 heavy (non-hydrogen) atoms. The number of nitrogens with zero attached hydrogens (tertiary/aromatic N) is 2. The quantitative estimate of drug-likeness (QED) is 0.718. The van der Waals surface area contributed by atoms with Crippen LogP contribution in [0.3, 0.4) is 0 Å². The maximum absolute atomic E-state index is 12.1. The molecule has 1 amide bonds. The first kappa shape index (κ1) is 15.2. The van der Waals surface area contributed by atoms with E-state index in [0.717, 1.165) is 32.4 Å². The number of carbonyl (C=O) groups is 1. The molecule has 1 aliphatic rings. The summed E-state index contributed by atoms with van der Waals surface area (Å²) in [4.78, 5) is 16.3. The van der Waals surface area contributed by atoms with Crippen molar-refractivity contribution in [3.05, 3.63) is 12.2 Å². The SMILES string of the molecule is CN(C)C/C=C/C(=O)N1CCC[C@@H]1CC(C)(C)C. The van der Waals surface area contributed by atoms with E-state index in [2.05, 4.69) is 30.6 Å². The highest BCUT2D eigenvalue weighted by atomic mass is 16.2. The molecule has 3 heteroatoms. The Morgan fingerprint density at radius 2 is 2.06 bits per heavy atom. The summed E-state index contributed by atoms with van der Waals surface area (Å²) in [5.41, 5.74) is 0.293. The fraction of sp³-hybridized carbons (Fsp3) is 0.800. The van der Waals surface area contributed by atoms with E-state index in [4.69, 9.17) is 0 Å². The molecule has 0 N–H and O–H groups in total. The Hall–Kier alpha value is -0.830. The first-order valence-electron chi connectivity index (χ1n) is 6.91. The van der Waals surface area contributed by atoms with Crippen LogP contribution in [0.5, 0.6) is 0 Å². The molecule has 0 aliphatic carbocycles. The van der Waals surface area contributed by atoms with Crippen LogP contribution < -0.4 is 0 Å². The standard InChI is InChI=1S/C15H28N2O/c1-15(2,3)12-13-8-6-11-17(13)14(18)9-7-10-16(4)5/h7,9,13H,6,8,10-12H2,1-5H3/b9-7+/t13-/m1/s1. The third-order valence-corrected chi connectivity index (χ3v) is 3.24. The molecule has 3 nitrogen and oxygen atoms in total. The van der Waals surface area contributed by atoms with Crippen LogP contribution in [0.25, 0.3) is 0 Å². The largest absolute Gasteiger partial charge is 0.336 e. The monoisotopic (exact) mass is 252 g/mol. The molecule has 0 aromatic heterocycles. The normalized spacial score (nSPS) is 21.2. The van der Waals surface area contributed by atoms with E-state index in [1.165, 1.54) is 0 Å². The minimum Gasteiger partial charge on any atom is -0.336 e. The van der Waals surface area contributed by atoms with Crippen molar-refractivity contribution < 1.29 is 4.79 Å². The fourth-order valence-electron chi connectivity index (χ4n) is 2.51. The third-order valence-electron chi connectivity index (χ3n) is 3.24. The molecule has 0 aromatic rings. The molecular formula is C15H28N2O. The maximum atomic E-state index is 12.1. The summed E-state index contributed by atoms with van der Waals surface area (Å²) in [5.74, 6) is 0.184. The van der Waals surface area contributed by atoms with Crippen molar-refractivity contribution in [2.75, 3.05) is 27.2 Å². The van der Waals surface area contributed by atoms with Crippen molar-refractivity contribution >= 4 is 5.91 Å². The predicted molar refractivity (Wildman–Crippen MR) is 76.5 cm³/mol. The zero-order chi connectivity index (χ0) is 13.8. The number of amides is 1. The van der Waals surface area contributed by atoms with Gasteiger partial charge in [0.1, 0.15) is 0 Å². The summed E-state index contributed by atoms with van der Waals surface area (Å²) in [5, 5.41) is 0. The number of hydrogen-bond acceptors (Lipinski definition) is 2. The molecule has 1 fully saturated rings. The van der Waals surface area contributed by atoms with Gasteiger partial charge in [0.05, 0.1) is 0 Å². The Morgan fingerprint density at radius 3 is 2.61 bits per heavy atom. The van der Waals surface area contributed by atoms with Crippen LogP contribution in [-0.2, 0) is 4.79 Å². The molecule has 1 atom stereocenters. The molecule has 0 bridgehead atoms. The first-order valence-corrected chi connectivity index (χ1v) is 6.91. The van der Waals surface area contributed by atoms with E-state index in [0.29, 0.717) is 11.5 Å². The van der Waals surface area contributed by atoms with Crippen LogP contribution in [0.15, 0.2) is 12.2 Å². The molecule has 1 saturated heterocycles. The average molecular weight is 252 g/mol. The lowest BCUT2D eigenvalue weighted by molar-refractivity contribution is -0.127. The van der Waals surface area contributed by atoms with Gasteiger partial charge in [-0.05, 0) is 38.8 Å². The topological polar surface area (TPSA) is 23.6 Å². The minimum atomic E-state index is 0.184. The fourth-order valence-corrected chi connectivity index (χ4v) is 2.51. The molecule has 1 rings (SSSR count). The lowest BCUT2D eigenvalue weighted by Crippen LogP contribution is -2.36. The van der Waals surface area contributed by atoms with E-state index >= 15 is 0 Å². The van der Waals surface area contributed by atoms with Crippen molar-refractivity contribution in [3.8, 4) is 0 Å². The predicted octanol–water partition coefficient (Wildman–Crippen LogP) is 2.53. The van der Waals surface area contributed by atoms with Gasteiger partial charge >= 0.3 is 0 Å². The Labute approximate surface area is 112 Å². The Kier molecular flexibility index (Phi) is 5.39. The van der Waals surface area contributed by atoms with Gasteiger partial charge in [-0.15, -0.1) is 0 Å². The van der Waals surface area contributed by atoms with Gasteiger partial charge in [-0.3, -0.25) is 4.79 Å². The van der Waals surface area contributed by atoms with E-state index in [1.54, 1.807) is 6.08 Å². The van der Waals surface area contributed by atoms with Crippen molar-refractivity contribution in [2.24, 2.45) is 5.41 Å². The van der Waals surface area contributed by atoms with E-state index in [1.807, 2.05) is 20.2 Å². The van der Waals surface area contributed by atoms with Gasteiger partial charge in [-0.25, -0.2) is 0 Å². The Balaban J connectivity index is 2.53. The summed E-state index contributed by atoms with van der Waals surface area (Å²) in [7, 11) is 4.01. The van der Waals surface area contributed by atoms with Crippen LogP contribution in [0.4, 0.5) is 0 Å². The Morgan fingerprint density at radius 1 is 1.39 bits per heavy atom. The Bertz CT molecular complexity index is 302. The number of carbonyl (C=O) groups excluding carboxylic acids is 1. The van der Waals surface area contributed by atoms with E-state index in [9.17, 15) is 4.79 Å². The van der Waals surface area contributed by atoms with Crippen molar-refractivity contribution in [3.63, 3.8) is 0 Å². The molecule has 0 saturated carbocycles. The molecular weight excluding hydrogens is 224 g/mol. The second kappa shape index (κ2) is 6.37. The number of likely N-dealkylation sites (N-methyl/N-ethyl adjacent to an activating group) is 1. The van der Waals surface area contributed by atoms with Gasteiger partial charge in [0.2, 0.25) is 5.91 Å². The number of rotatable bonds is 4. The molecule has 0 spiro atoms. The minimum absolute atomic E-state index is 0.184. The smallest absolute Gasteiger partial charge is 0.246 e. The molecule has 1 aliphatic heterocycles. The van der Waals surface area contributed by atoms with Gasteiger partial charge in [-0.1, -0.05) is 26.8 Å². The third kappa shape index (κ3) is 5.21. The first-order chi connectivity index (χ1) is 8.29. The van der Waals surface area contributed by atoms with Gasteiger partial charge in [0.25, 0.3) is 0 Å². The molecule has 1 heterocycles. The number of hydrogen-bond donors (Lipinski definition) is 0. The second-order valence-electron chi connectivity index (χ2n) is 6.76. The summed E-state index contributed by atoms with van der Waals surface area (Å²) < 4.78 is 0. The van der Waals surface area contributed by atoms with Gasteiger partial charge < -0.3 is 9.80 Å². The summed E-state index contributed by atoms with van der Waals surface area (Å²) in [6.45, 7) is 8.48. The molecule has 104 valence electrons. The van der Waals surface area contributed by atoms with Crippen molar-refractivity contribution in [1.29, 1.82) is 0 Å². The lowest BCUT2D eigenvalue weighted by atomic mass is 9.87. The highest BCUT2D eigenvalue weighted by Gasteiger charge is 2.30. The average Bonchev–Trinajstić information content (AvgIpc) is 2.62. The van der Waals surface area contributed by atoms with Crippen molar-refractivity contribution in [2.45, 2.75) is 46.1 Å². The lowest BCUT2D eigenvalue weighted by Gasteiger charge is -2.29. The molecule has 0 unspecified atom stereocenters. The van der Waals surface area contributed by atoms with Gasteiger partial charge in [0.15, 0.2) is 0 Å². The maximum Gasteiger partial charge on any atom is 0.246 e. The van der Waals surface area contributed by atoms with Gasteiger partial charge in [0, 0.05) is 25.2 Å². The van der Waals surface area contributed by atoms with Crippen LogP contribution >= 0.6 is 0 Å². The van der Waals surface area contributed by atoms with Gasteiger partial charge in [-0.2, -0.15) is 0 Å². The zero-order valence-corrected chi connectivity index (χ0v) is 12.6. The summed E-state index contributed by atoms with van der Waals surface area (Å²) in [6.07, 6.45) is 7.09. The summed E-state index contributed by atoms with van der Waals surface area (Å²) in [6, 6.07) is 0.432.